The molecule has 3 aromatic carbocycles. The number of halogens is 1. The molecule has 5 rings (SSSR count). The summed E-state index contributed by atoms with van der Waals surface area (Å²) >= 11 is 0. The Bertz CT molecular complexity index is 1440. The Balaban J connectivity index is 1.58. The molecule has 2 amide bonds. The molecule has 1 aliphatic rings. The van der Waals surface area contributed by atoms with Gasteiger partial charge in [-0.3, -0.25) is 4.90 Å². The predicted molar refractivity (Wildman–Crippen MR) is 138 cm³/mol. The quantitative estimate of drug-likeness (QED) is 0.331. The minimum atomic E-state index is -0.514. The van der Waals surface area contributed by atoms with Crippen molar-refractivity contribution < 1.29 is 18.4 Å². The molecule has 7 nitrogen and oxygen atoms in total. The predicted octanol–water partition coefficient (Wildman–Crippen LogP) is 6.14. The van der Waals surface area contributed by atoms with Crippen LogP contribution < -0.4 is 10.1 Å². The molecule has 0 aliphatic carbocycles. The summed E-state index contributed by atoms with van der Waals surface area (Å²) in [5, 5.41) is 7.26. The summed E-state index contributed by atoms with van der Waals surface area (Å²) < 4.78 is 25.4. The number of benzene rings is 3. The smallest absolute Gasteiger partial charge is 0.322 e. The van der Waals surface area contributed by atoms with Gasteiger partial charge in [-0.1, -0.05) is 54.5 Å². The molecule has 188 valence electrons. The molecule has 4 aromatic rings. The molecule has 1 aliphatic heterocycles. The summed E-state index contributed by atoms with van der Waals surface area (Å²) in [5.74, 6) is 1.05. The number of nitrogens with zero attached hydrogens (tertiary/aromatic N) is 3. The Morgan fingerprint density at radius 2 is 1.78 bits per heavy atom. The summed E-state index contributed by atoms with van der Waals surface area (Å²) in [6.07, 6.45) is 0.907. The van der Waals surface area contributed by atoms with E-state index in [0.717, 1.165) is 23.3 Å². The molecule has 37 heavy (non-hydrogen) atoms. The molecule has 0 spiro atoms. The average Bonchev–Trinajstić information content (AvgIpc) is 3.41. The van der Waals surface area contributed by atoms with Gasteiger partial charge in [0, 0.05) is 16.8 Å². The van der Waals surface area contributed by atoms with Gasteiger partial charge < -0.3 is 14.6 Å². The number of allylic oxidation sites excluding steroid dienone is 1. The van der Waals surface area contributed by atoms with Crippen LogP contribution in [0.1, 0.15) is 42.5 Å². The molecule has 0 fully saturated rings. The van der Waals surface area contributed by atoms with Crippen molar-refractivity contribution in [1.82, 2.24) is 20.4 Å². The fourth-order valence-electron chi connectivity index (χ4n) is 4.43. The van der Waals surface area contributed by atoms with Crippen LogP contribution in [-0.2, 0) is 13.0 Å². The highest BCUT2D eigenvalue weighted by atomic mass is 19.1. The first-order valence-electron chi connectivity index (χ1n) is 12.1. The van der Waals surface area contributed by atoms with E-state index in [9.17, 15) is 9.18 Å². The van der Waals surface area contributed by atoms with E-state index in [-0.39, 0.29) is 24.3 Å². The zero-order valence-electron chi connectivity index (χ0n) is 20.9. The van der Waals surface area contributed by atoms with Crippen molar-refractivity contribution in [3.8, 4) is 17.1 Å². The van der Waals surface area contributed by atoms with Crippen LogP contribution in [-0.4, -0.2) is 28.2 Å². The minimum absolute atomic E-state index is 0.0643. The number of carbonyl (C=O) groups is 1. The van der Waals surface area contributed by atoms with Gasteiger partial charge >= 0.3 is 6.03 Å². The Kier molecular flexibility index (Phi) is 6.72. The number of urea groups is 1. The van der Waals surface area contributed by atoms with Crippen LogP contribution in [0.3, 0.4) is 0 Å². The number of nitrogens with one attached hydrogen (secondary N) is 1. The van der Waals surface area contributed by atoms with Gasteiger partial charge in [0.2, 0.25) is 5.82 Å². The van der Waals surface area contributed by atoms with Gasteiger partial charge in [-0.2, -0.15) is 4.98 Å². The number of hydrogen-bond donors (Lipinski definition) is 1. The molecule has 1 unspecified atom stereocenters. The van der Waals surface area contributed by atoms with Gasteiger partial charge in [0.1, 0.15) is 11.6 Å². The lowest BCUT2D eigenvalue weighted by Gasteiger charge is -2.35. The lowest BCUT2D eigenvalue weighted by Crippen LogP contribution is -2.45. The van der Waals surface area contributed by atoms with Gasteiger partial charge in [0.25, 0.3) is 5.89 Å². The Labute approximate surface area is 214 Å². The van der Waals surface area contributed by atoms with Gasteiger partial charge in [-0.15, -0.1) is 0 Å². The first-order valence-corrected chi connectivity index (χ1v) is 12.1. The molecule has 2 heterocycles. The third-order valence-electron chi connectivity index (χ3n) is 6.61. The second kappa shape index (κ2) is 10.3. The zero-order chi connectivity index (χ0) is 25.9. The van der Waals surface area contributed by atoms with E-state index in [1.165, 1.54) is 16.5 Å². The van der Waals surface area contributed by atoms with E-state index < -0.39 is 6.04 Å². The first kappa shape index (κ1) is 24.2. The number of carbonyl (C=O) groups excluding carboxylic acids is 1. The monoisotopic (exact) mass is 498 g/mol. The summed E-state index contributed by atoms with van der Waals surface area (Å²) in [6, 6.07) is 21.0. The molecule has 0 saturated carbocycles. The number of methoxy groups -OCH3 is 1. The summed E-state index contributed by atoms with van der Waals surface area (Å²) in [6.45, 7) is 3.97. The summed E-state index contributed by atoms with van der Waals surface area (Å²) in [4.78, 5) is 19.4. The van der Waals surface area contributed by atoms with Gasteiger partial charge in [0.15, 0.2) is 0 Å². The third-order valence-corrected chi connectivity index (χ3v) is 6.61. The Morgan fingerprint density at radius 3 is 2.46 bits per heavy atom. The summed E-state index contributed by atoms with van der Waals surface area (Å²) in [7, 11) is 1.61. The number of hydrogen-bond acceptors (Lipinski definition) is 5. The van der Waals surface area contributed by atoms with E-state index in [0.29, 0.717) is 22.7 Å². The van der Waals surface area contributed by atoms with Crippen LogP contribution in [0.5, 0.6) is 5.75 Å². The second-order valence-corrected chi connectivity index (χ2v) is 8.81. The SMILES string of the molecule is CCc1ccc(C2NC(=O)N(Cc3ccccc3F)C(C)=C2c2nc(-c3ccc(OC)cc3)no2)cc1. The summed E-state index contributed by atoms with van der Waals surface area (Å²) in [5.41, 5.74) is 4.52. The molecule has 1 N–H and O–H groups in total. The Morgan fingerprint density at radius 1 is 1.05 bits per heavy atom. The van der Waals surface area contributed by atoms with Crippen molar-refractivity contribution in [3.63, 3.8) is 0 Å². The molecule has 0 bridgehead atoms. The minimum Gasteiger partial charge on any atom is -0.497 e. The highest BCUT2D eigenvalue weighted by Crippen LogP contribution is 2.38. The fraction of sp³-hybridized carbons (Fsp3) is 0.207. The second-order valence-electron chi connectivity index (χ2n) is 8.81. The van der Waals surface area contributed by atoms with Crippen LogP contribution >= 0.6 is 0 Å². The van der Waals surface area contributed by atoms with E-state index in [1.54, 1.807) is 25.3 Å². The largest absolute Gasteiger partial charge is 0.497 e. The molecular formula is C29H27FN4O3. The molecule has 8 heteroatoms. The highest BCUT2D eigenvalue weighted by Gasteiger charge is 2.36. The number of rotatable bonds is 7. The Hall–Kier alpha value is -4.46. The number of aryl methyl sites for hydroxylation is 1. The van der Waals surface area contributed by atoms with Crippen LogP contribution in [0.15, 0.2) is 83.0 Å². The topological polar surface area (TPSA) is 80.5 Å². The van der Waals surface area contributed by atoms with Crippen molar-refractivity contribution in [2.45, 2.75) is 32.9 Å². The van der Waals surface area contributed by atoms with E-state index in [4.69, 9.17) is 9.26 Å². The normalized spacial score (nSPS) is 15.6. The maximum atomic E-state index is 14.5. The van der Waals surface area contributed by atoms with E-state index in [2.05, 4.69) is 22.4 Å². The third kappa shape index (κ3) is 4.82. The van der Waals surface area contributed by atoms with Crippen molar-refractivity contribution in [1.29, 1.82) is 0 Å². The lowest BCUT2D eigenvalue weighted by molar-refractivity contribution is 0.202. The maximum absolute atomic E-state index is 14.5. The standard InChI is InChI=1S/C29H27FN4O3/c1-4-19-9-11-20(12-10-19)26-25(28-32-27(33-37-28)21-13-15-23(36-3)16-14-21)18(2)34(29(35)31-26)17-22-7-5-6-8-24(22)30/h5-16,26H,4,17H2,1-3H3,(H,31,35). The molecule has 1 aromatic heterocycles. The number of aromatic nitrogens is 2. The fourth-order valence-corrected chi connectivity index (χ4v) is 4.43. The van der Waals surface area contributed by atoms with Crippen LogP contribution in [0, 0.1) is 5.82 Å². The van der Waals surface area contributed by atoms with Crippen LogP contribution in [0.2, 0.25) is 0 Å². The van der Waals surface area contributed by atoms with Gasteiger partial charge in [-0.25, -0.2) is 9.18 Å². The number of ether oxygens (including phenoxy) is 1. The molecule has 1 atom stereocenters. The lowest BCUT2D eigenvalue weighted by atomic mass is 9.93. The molecular weight excluding hydrogens is 471 g/mol. The van der Waals surface area contributed by atoms with Crippen molar-refractivity contribution >= 4 is 11.6 Å². The first-order chi connectivity index (χ1) is 18.0. The van der Waals surface area contributed by atoms with Crippen molar-refractivity contribution in [3.05, 3.63) is 107 Å². The van der Waals surface area contributed by atoms with E-state index >= 15 is 0 Å². The van der Waals surface area contributed by atoms with E-state index in [1.807, 2.05) is 55.5 Å². The highest BCUT2D eigenvalue weighted by molar-refractivity contribution is 5.87. The number of amides is 2. The zero-order valence-corrected chi connectivity index (χ0v) is 20.9. The average molecular weight is 499 g/mol. The van der Waals surface area contributed by atoms with Gasteiger partial charge in [-0.05, 0) is 54.8 Å². The van der Waals surface area contributed by atoms with Crippen LogP contribution in [0.25, 0.3) is 17.0 Å². The van der Waals surface area contributed by atoms with Crippen molar-refractivity contribution in [2.75, 3.05) is 7.11 Å². The maximum Gasteiger partial charge on any atom is 0.322 e. The molecule has 0 radical (unpaired) electrons. The van der Waals surface area contributed by atoms with Crippen molar-refractivity contribution in [2.24, 2.45) is 0 Å². The van der Waals surface area contributed by atoms with Gasteiger partial charge in [0.05, 0.1) is 25.3 Å². The molecule has 0 saturated heterocycles. The van der Waals surface area contributed by atoms with Crippen LogP contribution in [0.4, 0.5) is 9.18 Å².